The quantitative estimate of drug-likeness (QED) is 0.484. The molecule has 2 rings (SSSR count). The van der Waals surface area contributed by atoms with Crippen LogP contribution in [0.15, 0.2) is 18.2 Å². The van der Waals surface area contributed by atoms with Gasteiger partial charge in [-0.25, -0.2) is 4.79 Å². The number of rotatable bonds is 5. The van der Waals surface area contributed by atoms with Crippen molar-refractivity contribution in [3.05, 3.63) is 50.3 Å². The fourth-order valence-corrected chi connectivity index (χ4v) is 2.49. The van der Waals surface area contributed by atoms with E-state index >= 15 is 0 Å². The summed E-state index contributed by atoms with van der Waals surface area (Å²) in [5.74, 6) is -1.39. The maximum atomic E-state index is 12.3. The van der Waals surface area contributed by atoms with Gasteiger partial charge in [-0.3, -0.25) is 19.6 Å². The van der Waals surface area contributed by atoms with E-state index in [4.69, 9.17) is 16.3 Å². The van der Waals surface area contributed by atoms with Crippen LogP contribution in [-0.4, -0.2) is 32.7 Å². The van der Waals surface area contributed by atoms with Gasteiger partial charge in [-0.05, 0) is 26.8 Å². The number of aromatic nitrogens is 2. The third-order valence-electron chi connectivity index (χ3n) is 3.79. The number of hydrogen-bond acceptors (Lipinski definition) is 6. The van der Waals surface area contributed by atoms with Crippen LogP contribution in [-0.2, 0) is 16.6 Å². The van der Waals surface area contributed by atoms with Crippen LogP contribution >= 0.6 is 11.6 Å². The molecule has 0 unspecified atom stereocenters. The summed E-state index contributed by atoms with van der Waals surface area (Å²) in [5.41, 5.74) is 1.63. The van der Waals surface area contributed by atoms with E-state index in [0.717, 1.165) is 17.8 Å². The van der Waals surface area contributed by atoms with Crippen molar-refractivity contribution in [2.24, 2.45) is 7.05 Å². The van der Waals surface area contributed by atoms with Crippen molar-refractivity contribution in [1.82, 2.24) is 9.78 Å². The van der Waals surface area contributed by atoms with Crippen LogP contribution in [0.2, 0.25) is 5.02 Å². The van der Waals surface area contributed by atoms with Gasteiger partial charge in [-0.1, -0.05) is 11.6 Å². The molecule has 0 radical (unpaired) electrons. The number of nitrogens with one attached hydrogen (secondary N) is 1. The third kappa shape index (κ3) is 3.99. The second-order valence-electron chi connectivity index (χ2n) is 5.63. The molecule has 0 saturated heterocycles. The molecule has 0 aliphatic heterocycles. The first-order valence-electron chi connectivity index (χ1n) is 7.57. The molecule has 0 bridgehead atoms. The van der Waals surface area contributed by atoms with E-state index in [-0.39, 0.29) is 16.3 Å². The highest BCUT2D eigenvalue weighted by Crippen LogP contribution is 2.24. The fourth-order valence-electron chi connectivity index (χ4n) is 2.24. The number of esters is 1. The summed E-state index contributed by atoms with van der Waals surface area (Å²) in [4.78, 5) is 34.5. The Hall–Kier alpha value is -2.94. The minimum absolute atomic E-state index is 0.0642. The topological polar surface area (TPSA) is 116 Å². The molecule has 0 aliphatic carbocycles. The average molecular weight is 381 g/mol. The highest BCUT2D eigenvalue weighted by Gasteiger charge is 2.23. The SMILES string of the molecule is Cc1nn(C)c(C)c1NC(=O)[C@@H](C)OC(=O)c1ccc([N+](=O)[O-])cc1Cl. The second-order valence-corrected chi connectivity index (χ2v) is 6.03. The van der Waals surface area contributed by atoms with Crippen molar-refractivity contribution in [3.8, 4) is 0 Å². The lowest BCUT2D eigenvalue weighted by atomic mass is 10.2. The van der Waals surface area contributed by atoms with Gasteiger partial charge >= 0.3 is 5.97 Å². The number of hydrogen-bond donors (Lipinski definition) is 1. The van der Waals surface area contributed by atoms with Gasteiger partial charge in [0, 0.05) is 19.2 Å². The van der Waals surface area contributed by atoms with Gasteiger partial charge < -0.3 is 10.1 Å². The van der Waals surface area contributed by atoms with Crippen LogP contribution < -0.4 is 5.32 Å². The number of carbonyl (C=O) groups excluding carboxylic acids is 2. The number of nitro benzene ring substituents is 1. The summed E-state index contributed by atoms with van der Waals surface area (Å²) in [6.45, 7) is 4.95. The van der Waals surface area contributed by atoms with Crippen molar-refractivity contribution >= 4 is 34.9 Å². The van der Waals surface area contributed by atoms with E-state index in [2.05, 4.69) is 10.4 Å². The largest absolute Gasteiger partial charge is 0.449 e. The molecule has 1 N–H and O–H groups in total. The van der Waals surface area contributed by atoms with Gasteiger partial charge in [0.05, 0.1) is 32.6 Å². The monoisotopic (exact) mass is 380 g/mol. The van der Waals surface area contributed by atoms with Gasteiger partial charge in [-0.15, -0.1) is 0 Å². The van der Waals surface area contributed by atoms with E-state index in [1.165, 1.54) is 13.0 Å². The molecular formula is C16H17ClN4O5. The smallest absolute Gasteiger partial charge is 0.340 e. The Bertz CT molecular complexity index is 893. The Morgan fingerprint density at radius 2 is 2.04 bits per heavy atom. The van der Waals surface area contributed by atoms with Crippen LogP contribution in [0.5, 0.6) is 0 Å². The number of aryl methyl sites for hydroxylation is 2. The van der Waals surface area contributed by atoms with Crippen molar-refractivity contribution < 1.29 is 19.2 Å². The molecule has 1 atom stereocenters. The predicted octanol–water partition coefficient (Wildman–Crippen LogP) is 2.78. The number of nitro groups is 1. The minimum atomic E-state index is -1.10. The third-order valence-corrected chi connectivity index (χ3v) is 4.11. The van der Waals surface area contributed by atoms with Gasteiger partial charge in [0.25, 0.3) is 11.6 Å². The van der Waals surface area contributed by atoms with Gasteiger partial charge in [0.1, 0.15) is 0 Å². The molecule has 1 aromatic carbocycles. The molecule has 0 fully saturated rings. The Balaban J connectivity index is 2.09. The van der Waals surface area contributed by atoms with Crippen LogP contribution in [0.4, 0.5) is 11.4 Å². The number of amides is 1. The molecule has 138 valence electrons. The van der Waals surface area contributed by atoms with Crippen LogP contribution in [0.3, 0.4) is 0 Å². The molecule has 9 nitrogen and oxygen atoms in total. The number of ether oxygens (including phenoxy) is 1. The Morgan fingerprint density at radius 1 is 1.38 bits per heavy atom. The van der Waals surface area contributed by atoms with Crippen LogP contribution in [0.25, 0.3) is 0 Å². The molecule has 1 heterocycles. The summed E-state index contributed by atoms with van der Waals surface area (Å²) in [5, 5.41) is 17.4. The zero-order valence-corrected chi connectivity index (χ0v) is 15.3. The molecule has 0 saturated carbocycles. The van der Waals surface area contributed by atoms with Gasteiger partial charge in [0.2, 0.25) is 0 Å². The second kappa shape index (κ2) is 7.52. The van der Waals surface area contributed by atoms with E-state index in [1.807, 2.05) is 0 Å². The molecular weight excluding hydrogens is 364 g/mol. The van der Waals surface area contributed by atoms with E-state index in [0.29, 0.717) is 11.4 Å². The fraction of sp³-hybridized carbons (Fsp3) is 0.312. The molecule has 0 aliphatic rings. The van der Waals surface area contributed by atoms with Gasteiger partial charge in [-0.2, -0.15) is 5.10 Å². The lowest BCUT2D eigenvalue weighted by Crippen LogP contribution is -2.30. The standard InChI is InChI=1S/C16H17ClN4O5/c1-8-14(9(2)20(4)19-8)18-15(22)10(3)26-16(23)12-6-5-11(21(24)25)7-13(12)17/h5-7,10H,1-4H3,(H,18,22)/t10-/m1/s1. The lowest BCUT2D eigenvalue weighted by molar-refractivity contribution is -0.384. The number of non-ortho nitro benzene ring substituents is 1. The molecule has 10 heteroatoms. The van der Waals surface area contributed by atoms with Crippen molar-refractivity contribution in [3.63, 3.8) is 0 Å². The first-order valence-corrected chi connectivity index (χ1v) is 7.95. The lowest BCUT2D eigenvalue weighted by Gasteiger charge is -2.14. The number of nitrogens with zero attached hydrogens (tertiary/aromatic N) is 3. The summed E-state index contributed by atoms with van der Waals surface area (Å²) in [6.07, 6.45) is -1.10. The summed E-state index contributed by atoms with van der Waals surface area (Å²) in [7, 11) is 1.75. The zero-order chi connectivity index (χ0) is 19.6. The summed E-state index contributed by atoms with van der Waals surface area (Å²) < 4.78 is 6.73. The number of halogens is 1. The Kier molecular flexibility index (Phi) is 5.61. The number of carbonyl (C=O) groups is 2. The average Bonchev–Trinajstić information content (AvgIpc) is 2.80. The van der Waals surface area contributed by atoms with Crippen molar-refractivity contribution in [1.29, 1.82) is 0 Å². The zero-order valence-electron chi connectivity index (χ0n) is 14.6. The maximum Gasteiger partial charge on any atom is 0.340 e. The highest BCUT2D eigenvalue weighted by molar-refractivity contribution is 6.33. The molecule has 1 amide bonds. The first-order chi connectivity index (χ1) is 12.1. The van der Waals surface area contributed by atoms with Crippen molar-refractivity contribution in [2.45, 2.75) is 26.9 Å². The Labute approximate surface area is 154 Å². The molecule has 0 spiro atoms. The number of benzene rings is 1. The predicted molar refractivity (Wildman–Crippen MR) is 94.3 cm³/mol. The van der Waals surface area contributed by atoms with E-state index in [9.17, 15) is 19.7 Å². The highest BCUT2D eigenvalue weighted by atomic mass is 35.5. The van der Waals surface area contributed by atoms with E-state index < -0.39 is 22.9 Å². The molecule has 1 aromatic heterocycles. The maximum absolute atomic E-state index is 12.3. The Morgan fingerprint density at radius 3 is 2.54 bits per heavy atom. The first kappa shape index (κ1) is 19.4. The normalized spacial score (nSPS) is 11.7. The summed E-state index contributed by atoms with van der Waals surface area (Å²) in [6, 6.07) is 3.36. The van der Waals surface area contributed by atoms with Crippen LogP contribution in [0, 0.1) is 24.0 Å². The van der Waals surface area contributed by atoms with Gasteiger partial charge in [0.15, 0.2) is 6.10 Å². The number of anilines is 1. The van der Waals surface area contributed by atoms with E-state index in [1.54, 1.807) is 25.6 Å². The molecule has 2 aromatic rings. The summed E-state index contributed by atoms with van der Waals surface area (Å²) >= 11 is 5.89. The van der Waals surface area contributed by atoms with Crippen LogP contribution in [0.1, 0.15) is 28.7 Å². The molecule has 26 heavy (non-hydrogen) atoms. The van der Waals surface area contributed by atoms with Crippen molar-refractivity contribution in [2.75, 3.05) is 5.32 Å². The minimum Gasteiger partial charge on any atom is -0.449 e.